The van der Waals surface area contributed by atoms with Gasteiger partial charge in [-0.2, -0.15) is 0 Å². The van der Waals surface area contributed by atoms with Crippen molar-refractivity contribution in [3.05, 3.63) is 12.4 Å². The van der Waals surface area contributed by atoms with Gasteiger partial charge in [0, 0.05) is 26.0 Å². The van der Waals surface area contributed by atoms with Crippen LogP contribution in [0, 0.1) is 0 Å². The maximum atomic E-state index is 2.52. The Balaban J connectivity index is 2.19. The summed E-state index contributed by atoms with van der Waals surface area (Å²) < 4.78 is 0. The minimum Gasteiger partial charge on any atom is -0.359 e. The zero-order chi connectivity index (χ0) is 12.5. The molecule has 17 heavy (non-hydrogen) atoms. The van der Waals surface area contributed by atoms with Gasteiger partial charge in [0.1, 0.15) is 6.17 Å². The van der Waals surface area contributed by atoms with Gasteiger partial charge in [0.25, 0.3) is 0 Å². The monoisotopic (exact) mass is 238 g/mol. The van der Waals surface area contributed by atoms with Gasteiger partial charge < -0.3 is 9.80 Å². The van der Waals surface area contributed by atoms with Gasteiger partial charge in [0.15, 0.2) is 0 Å². The Morgan fingerprint density at radius 2 is 1.59 bits per heavy atom. The van der Waals surface area contributed by atoms with Crippen LogP contribution < -0.4 is 0 Å². The zero-order valence-corrected chi connectivity index (χ0v) is 12.0. The molecule has 1 heterocycles. The lowest BCUT2D eigenvalue weighted by atomic mass is 10.1. The molecule has 2 heteroatoms. The van der Waals surface area contributed by atoms with E-state index < -0.39 is 0 Å². The summed E-state index contributed by atoms with van der Waals surface area (Å²) in [5.41, 5.74) is 0. The maximum Gasteiger partial charge on any atom is 0.100 e. The van der Waals surface area contributed by atoms with Crippen LogP contribution in [0.3, 0.4) is 0 Å². The van der Waals surface area contributed by atoms with E-state index in [1.165, 1.54) is 57.9 Å². The Bertz CT molecular complexity index is 213. The van der Waals surface area contributed by atoms with Crippen LogP contribution in [-0.2, 0) is 0 Å². The highest BCUT2D eigenvalue weighted by Gasteiger charge is 2.21. The van der Waals surface area contributed by atoms with Gasteiger partial charge in [-0.05, 0) is 19.3 Å². The smallest absolute Gasteiger partial charge is 0.100 e. The van der Waals surface area contributed by atoms with Crippen molar-refractivity contribution >= 4 is 0 Å². The third-order valence-electron chi connectivity index (χ3n) is 3.68. The largest absolute Gasteiger partial charge is 0.359 e. The first kappa shape index (κ1) is 14.4. The summed E-state index contributed by atoms with van der Waals surface area (Å²) in [6, 6.07) is 0. The second-order valence-electron chi connectivity index (χ2n) is 5.24. The number of nitrogens with zero attached hydrogens (tertiary/aromatic N) is 2. The molecule has 0 bridgehead atoms. The molecule has 0 aliphatic carbocycles. The molecule has 0 aromatic heterocycles. The molecule has 0 aromatic rings. The Morgan fingerprint density at radius 3 is 2.29 bits per heavy atom. The Kier molecular flexibility index (Phi) is 7.14. The summed E-state index contributed by atoms with van der Waals surface area (Å²) in [4.78, 5) is 4.89. The predicted octanol–water partition coefficient (Wildman–Crippen LogP) is 4.19. The normalized spacial score (nSPS) is 19.4. The average Bonchev–Trinajstić information content (AvgIpc) is 2.68. The van der Waals surface area contributed by atoms with Gasteiger partial charge in [-0.1, -0.05) is 46.0 Å². The van der Waals surface area contributed by atoms with E-state index in [0.717, 1.165) is 0 Å². The first-order valence-corrected chi connectivity index (χ1v) is 7.45. The lowest BCUT2D eigenvalue weighted by Gasteiger charge is -2.30. The van der Waals surface area contributed by atoms with Gasteiger partial charge >= 0.3 is 0 Å². The van der Waals surface area contributed by atoms with Gasteiger partial charge in [0.05, 0.1) is 0 Å². The summed E-state index contributed by atoms with van der Waals surface area (Å²) >= 11 is 0. The molecule has 0 amide bonds. The fourth-order valence-corrected chi connectivity index (χ4v) is 2.49. The second-order valence-corrected chi connectivity index (χ2v) is 5.24. The van der Waals surface area contributed by atoms with E-state index in [4.69, 9.17) is 0 Å². The van der Waals surface area contributed by atoms with E-state index in [-0.39, 0.29) is 0 Å². The van der Waals surface area contributed by atoms with Gasteiger partial charge in [-0.3, -0.25) is 0 Å². The van der Waals surface area contributed by atoms with Crippen molar-refractivity contribution in [2.45, 2.75) is 71.4 Å². The molecule has 1 rings (SSSR count). The van der Waals surface area contributed by atoms with E-state index in [2.05, 4.69) is 43.1 Å². The van der Waals surface area contributed by atoms with Crippen LogP contribution in [0.25, 0.3) is 0 Å². The lowest BCUT2D eigenvalue weighted by Crippen LogP contribution is -2.36. The highest BCUT2D eigenvalue weighted by molar-refractivity contribution is 4.95. The van der Waals surface area contributed by atoms with Crippen molar-refractivity contribution in [2.75, 3.05) is 13.6 Å². The van der Waals surface area contributed by atoms with Crippen LogP contribution in [0.1, 0.15) is 65.2 Å². The van der Waals surface area contributed by atoms with Gasteiger partial charge in [-0.15, -0.1) is 0 Å². The van der Waals surface area contributed by atoms with Crippen LogP contribution in [0.15, 0.2) is 12.4 Å². The van der Waals surface area contributed by atoms with Crippen LogP contribution in [0.4, 0.5) is 0 Å². The van der Waals surface area contributed by atoms with E-state index in [1.54, 1.807) is 0 Å². The lowest BCUT2D eigenvalue weighted by molar-refractivity contribution is 0.160. The van der Waals surface area contributed by atoms with Crippen molar-refractivity contribution < 1.29 is 0 Å². The van der Waals surface area contributed by atoms with E-state index in [1.807, 2.05) is 0 Å². The van der Waals surface area contributed by atoms with Crippen molar-refractivity contribution in [2.24, 2.45) is 0 Å². The molecule has 1 aliphatic rings. The van der Waals surface area contributed by atoms with Crippen molar-refractivity contribution in [1.82, 2.24) is 9.80 Å². The van der Waals surface area contributed by atoms with Gasteiger partial charge in [-0.25, -0.2) is 0 Å². The summed E-state index contributed by atoms with van der Waals surface area (Å²) in [6.45, 7) is 5.77. The molecular formula is C15H30N2. The number of rotatable bonds is 9. The number of unbranched alkanes of at least 4 members (excludes halogenated alkanes) is 5. The average molecular weight is 238 g/mol. The molecule has 0 fully saturated rings. The summed E-state index contributed by atoms with van der Waals surface area (Å²) in [5, 5.41) is 0. The van der Waals surface area contributed by atoms with E-state index in [0.29, 0.717) is 6.17 Å². The first-order chi connectivity index (χ1) is 8.29. The van der Waals surface area contributed by atoms with Crippen LogP contribution >= 0.6 is 0 Å². The van der Waals surface area contributed by atoms with Crippen molar-refractivity contribution in [3.8, 4) is 0 Å². The minimum atomic E-state index is 0.628. The Hall–Kier alpha value is -0.660. The zero-order valence-electron chi connectivity index (χ0n) is 12.0. The third kappa shape index (κ3) is 5.01. The van der Waals surface area contributed by atoms with Crippen molar-refractivity contribution in [3.63, 3.8) is 0 Å². The molecule has 1 aliphatic heterocycles. The van der Waals surface area contributed by atoms with Crippen LogP contribution in [-0.4, -0.2) is 29.6 Å². The van der Waals surface area contributed by atoms with E-state index >= 15 is 0 Å². The summed E-state index contributed by atoms with van der Waals surface area (Å²) in [7, 11) is 2.21. The molecule has 0 saturated carbocycles. The molecule has 100 valence electrons. The van der Waals surface area contributed by atoms with Crippen molar-refractivity contribution in [1.29, 1.82) is 0 Å². The molecule has 0 spiro atoms. The molecular weight excluding hydrogens is 208 g/mol. The van der Waals surface area contributed by atoms with Gasteiger partial charge in [0.2, 0.25) is 0 Å². The molecule has 0 N–H and O–H groups in total. The molecule has 0 saturated heterocycles. The molecule has 2 nitrogen and oxygen atoms in total. The minimum absolute atomic E-state index is 0.628. The predicted molar refractivity (Wildman–Crippen MR) is 75.7 cm³/mol. The first-order valence-electron chi connectivity index (χ1n) is 7.45. The molecule has 1 atom stereocenters. The summed E-state index contributed by atoms with van der Waals surface area (Å²) in [6.07, 6.45) is 16.0. The topological polar surface area (TPSA) is 6.48 Å². The fraction of sp³-hybridized carbons (Fsp3) is 0.867. The Morgan fingerprint density at radius 1 is 0.882 bits per heavy atom. The van der Waals surface area contributed by atoms with Crippen LogP contribution in [0.2, 0.25) is 0 Å². The quantitative estimate of drug-likeness (QED) is 0.556. The standard InChI is InChI=1S/C15H30N2/c1-4-6-8-9-10-11-15-16(3)13-14-17(15)12-7-5-2/h13-15H,4-12H2,1-3H3. The fourth-order valence-electron chi connectivity index (χ4n) is 2.49. The SMILES string of the molecule is CCCCCCCC1N(C)C=CN1CCCC. The molecule has 0 radical (unpaired) electrons. The number of hydrogen-bond donors (Lipinski definition) is 0. The van der Waals surface area contributed by atoms with E-state index in [9.17, 15) is 0 Å². The second kappa shape index (κ2) is 8.43. The molecule has 0 aromatic carbocycles. The van der Waals surface area contributed by atoms with Crippen LogP contribution in [0.5, 0.6) is 0 Å². The summed E-state index contributed by atoms with van der Waals surface area (Å²) in [5.74, 6) is 0. The number of hydrogen-bond acceptors (Lipinski definition) is 2. The molecule has 1 unspecified atom stereocenters. The highest BCUT2D eigenvalue weighted by Crippen LogP contribution is 2.20. The third-order valence-corrected chi connectivity index (χ3v) is 3.68. The maximum absolute atomic E-state index is 2.52. The highest BCUT2D eigenvalue weighted by atomic mass is 15.4. The Labute approximate surface area is 108 Å².